The molecule has 0 aliphatic carbocycles. The highest BCUT2D eigenvalue weighted by atomic mass is 32.2. The zero-order valence-corrected chi connectivity index (χ0v) is 18.9. The second-order valence-electron chi connectivity index (χ2n) is 7.98. The van der Waals surface area contributed by atoms with Crippen molar-refractivity contribution in [1.82, 2.24) is 19.5 Å². The van der Waals surface area contributed by atoms with Gasteiger partial charge in [0.1, 0.15) is 11.6 Å². The number of hydrogen-bond donors (Lipinski definition) is 2. The lowest BCUT2D eigenvalue weighted by Crippen LogP contribution is -2.25. The molecule has 2 heterocycles. The van der Waals surface area contributed by atoms with Gasteiger partial charge in [-0.1, -0.05) is 6.42 Å². The number of halogens is 1. The molecule has 10 heteroatoms. The molecule has 0 atom stereocenters. The Bertz CT molecular complexity index is 1210. The van der Waals surface area contributed by atoms with Gasteiger partial charge in [-0.2, -0.15) is 0 Å². The summed E-state index contributed by atoms with van der Waals surface area (Å²) in [6.45, 7) is 1.02. The minimum atomic E-state index is -3.73. The summed E-state index contributed by atoms with van der Waals surface area (Å²) in [7, 11) is -3.73. The van der Waals surface area contributed by atoms with Crippen molar-refractivity contribution in [3.8, 4) is 11.4 Å². The van der Waals surface area contributed by atoms with Gasteiger partial charge in [-0.15, -0.1) is 10.2 Å². The first-order chi connectivity index (χ1) is 15.9. The number of carbonyl (C=O) groups is 1. The zero-order valence-electron chi connectivity index (χ0n) is 18.1. The summed E-state index contributed by atoms with van der Waals surface area (Å²) in [4.78, 5) is 12.2. The molecule has 0 saturated heterocycles. The number of rotatable bonds is 8. The molecule has 0 fully saturated rings. The van der Waals surface area contributed by atoms with Crippen molar-refractivity contribution >= 4 is 21.6 Å². The fourth-order valence-corrected chi connectivity index (χ4v) is 4.85. The average Bonchev–Trinajstić information content (AvgIpc) is 3.05. The third-order valence-corrected chi connectivity index (χ3v) is 7.01. The molecule has 8 nitrogen and oxygen atoms in total. The molecule has 0 bridgehead atoms. The predicted molar refractivity (Wildman–Crippen MR) is 122 cm³/mol. The first-order valence-electron chi connectivity index (χ1n) is 11.0. The predicted octanol–water partition coefficient (Wildman–Crippen LogP) is 3.51. The van der Waals surface area contributed by atoms with Crippen molar-refractivity contribution < 1.29 is 17.6 Å². The minimum Gasteiger partial charge on any atom is -0.326 e. The van der Waals surface area contributed by atoms with Gasteiger partial charge in [-0.3, -0.25) is 4.79 Å². The molecule has 3 aromatic rings. The van der Waals surface area contributed by atoms with Crippen LogP contribution in [-0.2, 0) is 27.8 Å². The van der Waals surface area contributed by atoms with E-state index >= 15 is 0 Å². The van der Waals surface area contributed by atoms with Crippen molar-refractivity contribution in [1.29, 1.82) is 0 Å². The first-order valence-corrected chi connectivity index (χ1v) is 12.5. The second-order valence-corrected chi connectivity index (χ2v) is 9.75. The van der Waals surface area contributed by atoms with Crippen LogP contribution in [0.5, 0.6) is 0 Å². The Morgan fingerprint density at radius 2 is 1.76 bits per heavy atom. The second kappa shape index (κ2) is 10.2. The maximum atomic E-state index is 13.0. The van der Waals surface area contributed by atoms with Gasteiger partial charge in [0.2, 0.25) is 15.9 Å². The number of nitrogens with one attached hydrogen (secondary N) is 2. The molecule has 0 saturated carbocycles. The number of aromatic nitrogens is 3. The molecule has 1 amide bonds. The van der Waals surface area contributed by atoms with Crippen molar-refractivity contribution in [3.63, 3.8) is 0 Å². The Kier molecular flexibility index (Phi) is 7.14. The van der Waals surface area contributed by atoms with Crippen LogP contribution in [0.25, 0.3) is 11.4 Å². The van der Waals surface area contributed by atoms with Crippen LogP contribution in [0.3, 0.4) is 0 Å². The van der Waals surface area contributed by atoms with Crippen LogP contribution in [-0.4, -0.2) is 35.6 Å². The van der Waals surface area contributed by atoms with Gasteiger partial charge in [-0.25, -0.2) is 17.5 Å². The quantitative estimate of drug-likeness (QED) is 0.489. The first kappa shape index (κ1) is 23.1. The van der Waals surface area contributed by atoms with Gasteiger partial charge in [-0.05, 0) is 67.8 Å². The standard InChI is InChI=1S/C23H26FN5O3S/c24-18-9-13-20(14-10-18)33(31,32)25-15-4-6-22(30)26-19-11-7-17(8-12-19)23-28-27-21-5-2-1-3-16-29(21)23/h7-14,25H,1-6,15-16H2,(H,26,30). The van der Waals surface area contributed by atoms with Crippen LogP contribution in [0.15, 0.2) is 53.4 Å². The van der Waals surface area contributed by atoms with E-state index in [2.05, 4.69) is 24.8 Å². The Morgan fingerprint density at radius 1 is 1.00 bits per heavy atom. The number of nitrogens with zero attached hydrogens (tertiary/aromatic N) is 3. The fourth-order valence-electron chi connectivity index (χ4n) is 3.78. The number of aryl methyl sites for hydroxylation is 1. The summed E-state index contributed by atoms with van der Waals surface area (Å²) in [5.41, 5.74) is 1.61. The van der Waals surface area contributed by atoms with Gasteiger partial charge in [0, 0.05) is 37.2 Å². The van der Waals surface area contributed by atoms with E-state index in [9.17, 15) is 17.6 Å². The highest BCUT2D eigenvalue weighted by Gasteiger charge is 2.16. The maximum absolute atomic E-state index is 13.0. The summed E-state index contributed by atoms with van der Waals surface area (Å²) in [6, 6.07) is 12.0. The largest absolute Gasteiger partial charge is 0.326 e. The number of carbonyl (C=O) groups excluding carboxylic acids is 1. The monoisotopic (exact) mass is 471 g/mol. The molecule has 0 unspecified atom stereocenters. The molecule has 1 aromatic heterocycles. The topological polar surface area (TPSA) is 106 Å². The molecular weight excluding hydrogens is 445 g/mol. The van der Waals surface area contributed by atoms with Gasteiger partial charge < -0.3 is 9.88 Å². The molecule has 0 spiro atoms. The Labute approximate surface area is 192 Å². The van der Waals surface area contributed by atoms with Crippen molar-refractivity contribution in [2.24, 2.45) is 0 Å². The van der Waals surface area contributed by atoms with E-state index in [1.165, 1.54) is 18.6 Å². The smallest absolute Gasteiger partial charge is 0.240 e. The highest BCUT2D eigenvalue weighted by Crippen LogP contribution is 2.24. The number of hydrogen-bond acceptors (Lipinski definition) is 5. The van der Waals surface area contributed by atoms with E-state index in [-0.39, 0.29) is 23.8 Å². The zero-order chi connectivity index (χ0) is 23.3. The van der Waals surface area contributed by atoms with E-state index in [1.807, 2.05) is 24.3 Å². The van der Waals surface area contributed by atoms with Gasteiger partial charge in [0.15, 0.2) is 5.82 Å². The molecule has 1 aliphatic rings. The third kappa shape index (κ3) is 5.82. The van der Waals surface area contributed by atoms with E-state index in [0.29, 0.717) is 12.1 Å². The van der Waals surface area contributed by atoms with Crippen LogP contribution in [0.4, 0.5) is 10.1 Å². The highest BCUT2D eigenvalue weighted by molar-refractivity contribution is 7.89. The van der Waals surface area contributed by atoms with Crippen LogP contribution >= 0.6 is 0 Å². The van der Waals surface area contributed by atoms with Crippen LogP contribution in [0.2, 0.25) is 0 Å². The normalized spacial score (nSPS) is 13.8. The lowest BCUT2D eigenvalue weighted by atomic mass is 10.2. The van der Waals surface area contributed by atoms with Gasteiger partial charge in [0.05, 0.1) is 4.90 Å². The van der Waals surface area contributed by atoms with E-state index in [1.54, 1.807) is 0 Å². The minimum absolute atomic E-state index is 0.0157. The number of benzene rings is 2. The number of amides is 1. The molecule has 1 aliphatic heterocycles. The van der Waals surface area contributed by atoms with E-state index in [0.717, 1.165) is 55.2 Å². The van der Waals surface area contributed by atoms with Gasteiger partial charge >= 0.3 is 0 Å². The number of fused-ring (bicyclic) bond motifs is 1. The lowest BCUT2D eigenvalue weighted by molar-refractivity contribution is -0.116. The molecule has 4 rings (SSSR count). The summed E-state index contributed by atoms with van der Waals surface area (Å²) < 4.78 is 41.9. The van der Waals surface area contributed by atoms with Crippen LogP contribution in [0.1, 0.15) is 37.9 Å². The molecule has 0 radical (unpaired) electrons. The molecule has 33 heavy (non-hydrogen) atoms. The third-order valence-electron chi connectivity index (χ3n) is 5.53. The average molecular weight is 472 g/mol. The molecule has 2 aromatic carbocycles. The van der Waals surface area contributed by atoms with Crippen LogP contribution in [0, 0.1) is 5.82 Å². The summed E-state index contributed by atoms with van der Waals surface area (Å²) >= 11 is 0. The Morgan fingerprint density at radius 3 is 2.52 bits per heavy atom. The summed E-state index contributed by atoms with van der Waals surface area (Å²) in [6.07, 6.45) is 4.88. The molecule has 174 valence electrons. The molecular formula is C23H26FN5O3S. The Balaban J connectivity index is 1.26. The van der Waals surface area contributed by atoms with E-state index < -0.39 is 15.8 Å². The fraction of sp³-hybridized carbons (Fsp3) is 0.348. The SMILES string of the molecule is O=C(CCCNS(=O)(=O)c1ccc(F)cc1)Nc1ccc(-c2nnc3n2CCCCC3)cc1. The lowest BCUT2D eigenvalue weighted by Gasteiger charge is -2.09. The number of anilines is 1. The van der Waals surface area contributed by atoms with Crippen LogP contribution < -0.4 is 10.0 Å². The van der Waals surface area contributed by atoms with Gasteiger partial charge in [0.25, 0.3) is 0 Å². The number of sulfonamides is 1. The van der Waals surface area contributed by atoms with Crippen molar-refractivity contribution in [2.45, 2.75) is 50.0 Å². The maximum Gasteiger partial charge on any atom is 0.240 e. The Hall–Kier alpha value is -3.11. The summed E-state index contributed by atoms with van der Waals surface area (Å²) in [5, 5.41) is 11.5. The van der Waals surface area contributed by atoms with Crippen molar-refractivity contribution in [2.75, 3.05) is 11.9 Å². The molecule has 2 N–H and O–H groups in total. The van der Waals surface area contributed by atoms with Crippen molar-refractivity contribution in [3.05, 3.63) is 60.2 Å². The summed E-state index contributed by atoms with van der Waals surface area (Å²) in [5.74, 6) is 1.16. The van der Waals surface area contributed by atoms with E-state index in [4.69, 9.17) is 0 Å².